The molecule has 0 bridgehead atoms. The number of halogens is 1. The van der Waals surface area contributed by atoms with Crippen LogP contribution >= 0.6 is 0 Å². The maximum atomic E-state index is 13.4. The van der Waals surface area contributed by atoms with Crippen LogP contribution in [0.15, 0.2) is 54.9 Å². The van der Waals surface area contributed by atoms with E-state index < -0.39 is 0 Å². The molecule has 0 aliphatic carbocycles. The van der Waals surface area contributed by atoms with Gasteiger partial charge in [-0.2, -0.15) is 0 Å². The number of likely N-dealkylation sites (tertiary alicyclic amines) is 1. The largest absolute Gasteiger partial charge is 0.296 e. The first-order valence-corrected chi connectivity index (χ1v) is 10.1. The molecule has 3 heterocycles. The van der Waals surface area contributed by atoms with E-state index in [2.05, 4.69) is 33.8 Å². The van der Waals surface area contributed by atoms with E-state index in [9.17, 15) is 4.39 Å². The normalized spacial score (nSPS) is 18.0. The van der Waals surface area contributed by atoms with Gasteiger partial charge in [-0.3, -0.25) is 19.8 Å². The Bertz CT molecular complexity index is 915. The number of hydrogen-bond acceptors (Lipinski definition) is 4. The van der Waals surface area contributed by atoms with Gasteiger partial charge in [0.2, 0.25) is 0 Å². The average Bonchev–Trinajstić information content (AvgIpc) is 2.73. The fourth-order valence-electron chi connectivity index (χ4n) is 4.15. The summed E-state index contributed by atoms with van der Waals surface area (Å²) in [5.41, 5.74) is 3.23. The fourth-order valence-corrected chi connectivity index (χ4v) is 4.15. The lowest BCUT2D eigenvalue weighted by Gasteiger charge is -2.39. The lowest BCUT2D eigenvalue weighted by atomic mass is 10.0. The maximum Gasteiger partial charge on any atom is 0.123 e. The van der Waals surface area contributed by atoms with E-state index in [1.165, 1.54) is 24.5 Å². The van der Waals surface area contributed by atoms with Crippen LogP contribution in [0.1, 0.15) is 31.0 Å². The quantitative estimate of drug-likeness (QED) is 0.642. The zero-order chi connectivity index (χ0) is 19.3. The van der Waals surface area contributed by atoms with Gasteiger partial charge >= 0.3 is 0 Å². The number of fused-ring (bicyclic) bond motifs is 1. The summed E-state index contributed by atoms with van der Waals surface area (Å²) in [4.78, 5) is 13.9. The molecule has 0 N–H and O–H groups in total. The SMILES string of the molecule is CCN(Cc1ccncc1)[C@@H]1CCCN(Cc2ccc3cc(F)ccc3n2)C1. The Kier molecular flexibility index (Phi) is 5.93. The summed E-state index contributed by atoms with van der Waals surface area (Å²) in [6, 6.07) is 13.6. The van der Waals surface area contributed by atoms with E-state index in [1.54, 1.807) is 12.1 Å². The zero-order valence-corrected chi connectivity index (χ0v) is 16.4. The zero-order valence-electron chi connectivity index (χ0n) is 16.4. The third kappa shape index (κ3) is 4.54. The van der Waals surface area contributed by atoms with Crippen molar-refractivity contribution in [1.29, 1.82) is 0 Å². The summed E-state index contributed by atoms with van der Waals surface area (Å²) < 4.78 is 13.4. The molecule has 1 saturated heterocycles. The van der Waals surface area contributed by atoms with E-state index >= 15 is 0 Å². The Labute approximate surface area is 166 Å². The molecular formula is C23H27FN4. The second kappa shape index (κ2) is 8.76. The highest BCUT2D eigenvalue weighted by molar-refractivity contribution is 5.78. The van der Waals surface area contributed by atoms with Crippen molar-refractivity contribution < 1.29 is 4.39 Å². The molecule has 1 fully saturated rings. The number of likely N-dealkylation sites (N-methyl/N-ethyl adjacent to an activating group) is 1. The molecule has 146 valence electrons. The first-order valence-electron chi connectivity index (χ1n) is 10.1. The molecule has 4 rings (SSSR count). The molecule has 28 heavy (non-hydrogen) atoms. The molecule has 0 saturated carbocycles. The second-order valence-corrected chi connectivity index (χ2v) is 7.59. The van der Waals surface area contributed by atoms with E-state index in [4.69, 9.17) is 4.98 Å². The van der Waals surface area contributed by atoms with Gasteiger partial charge in [0.25, 0.3) is 0 Å². The van der Waals surface area contributed by atoms with Gasteiger partial charge in [-0.05, 0) is 67.9 Å². The van der Waals surface area contributed by atoms with Crippen LogP contribution in [0, 0.1) is 5.82 Å². The molecule has 5 heteroatoms. The first kappa shape index (κ1) is 19.0. The first-order chi connectivity index (χ1) is 13.7. The Balaban J connectivity index is 1.42. The third-order valence-electron chi connectivity index (χ3n) is 5.63. The number of piperidine rings is 1. The van der Waals surface area contributed by atoms with Crippen molar-refractivity contribution >= 4 is 10.9 Å². The Hall–Kier alpha value is -2.37. The van der Waals surface area contributed by atoms with Crippen LogP contribution in [0.25, 0.3) is 10.9 Å². The molecule has 0 unspecified atom stereocenters. The van der Waals surface area contributed by atoms with Gasteiger partial charge in [0.1, 0.15) is 5.82 Å². The number of rotatable bonds is 6. The van der Waals surface area contributed by atoms with Crippen molar-refractivity contribution in [2.24, 2.45) is 0 Å². The van der Waals surface area contributed by atoms with Gasteiger partial charge < -0.3 is 0 Å². The van der Waals surface area contributed by atoms with Crippen molar-refractivity contribution in [3.8, 4) is 0 Å². The highest BCUT2D eigenvalue weighted by Gasteiger charge is 2.25. The lowest BCUT2D eigenvalue weighted by Crippen LogP contribution is -2.47. The monoisotopic (exact) mass is 378 g/mol. The predicted molar refractivity (Wildman–Crippen MR) is 110 cm³/mol. The minimum Gasteiger partial charge on any atom is -0.296 e. The molecule has 3 aromatic rings. The van der Waals surface area contributed by atoms with E-state index in [0.717, 1.165) is 49.3 Å². The molecule has 1 atom stereocenters. The van der Waals surface area contributed by atoms with Crippen LogP contribution in [0.2, 0.25) is 0 Å². The summed E-state index contributed by atoms with van der Waals surface area (Å²) in [6.45, 7) is 7.26. The highest BCUT2D eigenvalue weighted by atomic mass is 19.1. The van der Waals surface area contributed by atoms with Gasteiger partial charge in [-0.1, -0.05) is 13.0 Å². The van der Waals surface area contributed by atoms with Crippen molar-refractivity contribution in [2.75, 3.05) is 19.6 Å². The van der Waals surface area contributed by atoms with Gasteiger partial charge in [-0.25, -0.2) is 4.39 Å². The van der Waals surface area contributed by atoms with E-state index in [0.29, 0.717) is 6.04 Å². The topological polar surface area (TPSA) is 32.3 Å². The van der Waals surface area contributed by atoms with Crippen LogP contribution in [0.3, 0.4) is 0 Å². The third-order valence-corrected chi connectivity index (χ3v) is 5.63. The minimum atomic E-state index is -0.213. The van der Waals surface area contributed by atoms with Crippen molar-refractivity contribution in [1.82, 2.24) is 19.8 Å². The predicted octanol–water partition coefficient (Wildman–Crippen LogP) is 4.26. The number of benzene rings is 1. The van der Waals surface area contributed by atoms with Gasteiger partial charge in [0.05, 0.1) is 11.2 Å². The second-order valence-electron chi connectivity index (χ2n) is 7.59. The summed E-state index contributed by atoms with van der Waals surface area (Å²) in [5, 5.41) is 0.856. The number of hydrogen-bond donors (Lipinski definition) is 0. The molecular weight excluding hydrogens is 351 g/mol. The van der Waals surface area contributed by atoms with Crippen LogP contribution < -0.4 is 0 Å². The summed E-state index contributed by atoms with van der Waals surface area (Å²) in [5.74, 6) is -0.213. The van der Waals surface area contributed by atoms with Crippen molar-refractivity contribution in [2.45, 2.75) is 38.9 Å². The number of aromatic nitrogens is 2. The van der Waals surface area contributed by atoms with Crippen molar-refractivity contribution in [3.05, 3.63) is 71.9 Å². The summed E-state index contributed by atoms with van der Waals surface area (Å²) in [6.07, 6.45) is 6.18. The summed E-state index contributed by atoms with van der Waals surface area (Å²) >= 11 is 0. The number of nitrogens with zero attached hydrogens (tertiary/aromatic N) is 4. The standard InChI is InChI=1S/C23H27FN4/c1-2-28(15-18-9-11-25-12-10-18)22-4-3-13-27(17-22)16-21-7-5-19-14-20(24)6-8-23(19)26-21/h5-12,14,22H,2-4,13,15-17H2,1H3/t22-/m1/s1. The van der Waals surface area contributed by atoms with Crippen LogP contribution in [0.4, 0.5) is 4.39 Å². The lowest BCUT2D eigenvalue weighted by molar-refractivity contribution is 0.0911. The molecule has 1 aliphatic rings. The summed E-state index contributed by atoms with van der Waals surface area (Å²) in [7, 11) is 0. The number of pyridine rings is 2. The molecule has 1 aliphatic heterocycles. The molecule has 0 amide bonds. The van der Waals surface area contributed by atoms with E-state index in [-0.39, 0.29) is 5.82 Å². The molecule has 0 radical (unpaired) electrons. The Morgan fingerprint density at radius 3 is 2.82 bits per heavy atom. The van der Waals surface area contributed by atoms with Gasteiger partial charge in [0.15, 0.2) is 0 Å². The minimum absolute atomic E-state index is 0.213. The van der Waals surface area contributed by atoms with Gasteiger partial charge in [-0.15, -0.1) is 0 Å². The fraction of sp³-hybridized carbons (Fsp3) is 0.391. The van der Waals surface area contributed by atoms with Crippen LogP contribution in [0.5, 0.6) is 0 Å². The maximum absolute atomic E-state index is 13.4. The van der Waals surface area contributed by atoms with Crippen molar-refractivity contribution in [3.63, 3.8) is 0 Å². The van der Waals surface area contributed by atoms with Crippen LogP contribution in [-0.4, -0.2) is 45.4 Å². The average molecular weight is 378 g/mol. The molecule has 4 nitrogen and oxygen atoms in total. The van der Waals surface area contributed by atoms with Crippen LogP contribution in [-0.2, 0) is 13.1 Å². The Morgan fingerprint density at radius 1 is 1.14 bits per heavy atom. The molecule has 1 aromatic carbocycles. The smallest absolute Gasteiger partial charge is 0.123 e. The molecule has 2 aromatic heterocycles. The molecule has 0 spiro atoms. The van der Waals surface area contributed by atoms with Gasteiger partial charge in [0, 0.05) is 43.5 Å². The van der Waals surface area contributed by atoms with E-state index in [1.807, 2.05) is 24.5 Å². The Morgan fingerprint density at radius 2 is 2.00 bits per heavy atom. The highest BCUT2D eigenvalue weighted by Crippen LogP contribution is 2.21.